The van der Waals surface area contributed by atoms with Gasteiger partial charge in [-0.2, -0.15) is 0 Å². The molecule has 116 valence electrons. The van der Waals surface area contributed by atoms with E-state index in [-0.39, 0.29) is 5.91 Å². The van der Waals surface area contributed by atoms with Crippen molar-refractivity contribution in [1.29, 1.82) is 0 Å². The zero-order valence-electron chi connectivity index (χ0n) is 13.0. The first-order chi connectivity index (χ1) is 10.2. The number of benzene rings is 1. The highest BCUT2D eigenvalue weighted by molar-refractivity contribution is 5.80. The molecule has 4 heteroatoms. The highest BCUT2D eigenvalue weighted by atomic mass is 16.1. The van der Waals surface area contributed by atoms with Crippen LogP contribution in [0, 0.1) is 0 Å². The highest BCUT2D eigenvalue weighted by Crippen LogP contribution is 2.30. The van der Waals surface area contributed by atoms with Crippen molar-refractivity contribution in [2.24, 2.45) is 5.73 Å². The van der Waals surface area contributed by atoms with E-state index in [2.05, 4.69) is 35.3 Å². The molecular weight excluding hydrogens is 262 g/mol. The Morgan fingerprint density at radius 2 is 2.05 bits per heavy atom. The van der Waals surface area contributed by atoms with Crippen LogP contribution in [0.5, 0.6) is 0 Å². The number of anilines is 1. The fraction of sp³-hybridized carbons (Fsp3) is 0.588. The molecule has 0 unspecified atom stereocenters. The molecule has 0 atom stereocenters. The van der Waals surface area contributed by atoms with E-state index >= 15 is 0 Å². The molecule has 1 aliphatic carbocycles. The van der Waals surface area contributed by atoms with Gasteiger partial charge in [-0.3, -0.25) is 4.79 Å². The van der Waals surface area contributed by atoms with Crippen molar-refractivity contribution < 1.29 is 4.79 Å². The summed E-state index contributed by atoms with van der Waals surface area (Å²) in [5.74, 6) is -0.252. The van der Waals surface area contributed by atoms with Gasteiger partial charge in [0.05, 0.1) is 6.54 Å². The van der Waals surface area contributed by atoms with Crippen molar-refractivity contribution in [2.45, 2.75) is 51.6 Å². The summed E-state index contributed by atoms with van der Waals surface area (Å²) in [6.45, 7) is 4.33. The van der Waals surface area contributed by atoms with Gasteiger partial charge in [0.1, 0.15) is 0 Å². The van der Waals surface area contributed by atoms with Crippen LogP contribution in [-0.4, -0.2) is 25.0 Å². The molecule has 1 saturated carbocycles. The van der Waals surface area contributed by atoms with Gasteiger partial charge in [0.15, 0.2) is 0 Å². The number of nitrogens with one attached hydrogen (secondary N) is 1. The maximum absolute atomic E-state index is 11.5. The maximum Gasteiger partial charge on any atom is 0.236 e. The first-order valence-electron chi connectivity index (χ1n) is 8.06. The second-order valence-corrected chi connectivity index (χ2v) is 5.84. The quantitative estimate of drug-likeness (QED) is 0.723. The van der Waals surface area contributed by atoms with Crippen LogP contribution in [-0.2, 0) is 11.3 Å². The minimum Gasteiger partial charge on any atom is -0.368 e. The maximum atomic E-state index is 11.5. The van der Waals surface area contributed by atoms with Crippen molar-refractivity contribution in [3.05, 3.63) is 29.8 Å². The topological polar surface area (TPSA) is 58.4 Å². The molecule has 0 heterocycles. The Bertz CT molecular complexity index is 455. The van der Waals surface area contributed by atoms with Crippen LogP contribution in [0.3, 0.4) is 0 Å². The molecule has 1 amide bonds. The van der Waals surface area contributed by atoms with Gasteiger partial charge in [0.25, 0.3) is 0 Å². The number of nitrogens with zero attached hydrogens (tertiary/aromatic N) is 1. The van der Waals surface area contributed by atoms with Crippen molar-refractivity contribution in [2.75, 3.05) is 18.0 Å². The molecule has 1 aromatic rings. The van der Waals surface area contributed by atoms with Crippen molar-refractivity contribution in [3.8, 4) is 0 Å². The number of para-hydroxylation sites is 1. The van der Waals surface area contributed by atoms with E-state index in [1.165, 1.54) is 18.4 Å². The van der Waals surface area contributed by atoms with Crippen LogP contribution in [0.2, 0.25) is 0 Å². The van der Waals surface area contributed by atoms with Crippen molar-refractivity contribution >= 4 is 11.6 Å². The summed E-state index contributed by atoms with van der Waals surface area (Å²) in [7, 11) is 0. The normalized spacial score (nSPS) is 15.3. The lowest BCUT2D eigenvalue weighted by Gasteiger charge is -2.32. The molecule has 0 bridgehead atoms. The SMILES string of the molecule is CCCNCc1ccccc1N(CC(N)=O)C1CCCC1. The van der Waals surface area contributed by atoms with Gasteiger partial charge < -0.3 is 16.0 Å². The Balaban J connectivity index is 2.19. The van der Waals surface area contributed by atoms with Gasteiger partial charge in [-0.05, 0) is 37.4 Å². The van der Waals surface area contributed by atoms with Gasteiger partial charge >= 0.3 is 0 Å². The summed E-state index contributed by atoms with van der Waals surface area (Å²) < 4.78 is 0. The molecule has 0 radical (unpaired) electrons. The smallest absolute Gasteiger partial charge is 0.236 e. The molecule has 2 rings (SSSR count). The predicted octanol–water partition coefficient (Wildman–Crippen LogP) is 2.42. The van der Waals surface area contributed by atoms with Crippen LogP contribution < -0.4 is 16.0 Å². The molecule has 4 nitrogen and oxygen atoms in total. The summed E-state index contributed by atoms with van der Waals surface area (Å²) in [6, 6.07) is 8.81. The van der Waals surface area contributed by atoms with Crippen molar-refractivity contribution in [1.82, 2.24) is 5.32 Å². The summed E-state index contributed by atoms with van der Waals surface area (Å²) >= 11 is 0. The van der Waals surface area contributed by atoms with Crippen LogP contribution in [0.15, 0.2) is 24.3 Å². The molecule has 0 aliphatic heterocycles. The molecular formula is C17H27N3O. The number of hydrogen-bond donors (Lipinski definition) is 2. The molecule has 0 saturated heterocycles. The first kappa shape index (κ1) is 15.8. The summed E-state index contributed by atoms with van der Waals surface area (Å²) in [6.07, 6.45) is 5.93. The fourth-order valence-corrected chi connectivity index (χ4v) is 3.14. The standard InChI is InChI=1S/C17H27N3O/c1-2-11-19-12-14-7-3-6-10-16(14)20(13-17(18)21)15-8-4-5-9-15/h3,6-7,10,15,19H,2,4-5,8-9,11-13H2,1H3,(H2,18,21). The monoisotopic (exact) mass is 289 g/mol. The van der Waals surface area contributed by atoms with Crippen LogP contribution in [0.4, 0.5) is 5.69 Å². The largest absolute Gasteiger partial charge is 0.368 e. The molecule has 3 N–H and O–H groups in total. The zero-order valence-corrected chi connectivity index (χ0v) is 13.0. The molecule has 21 heavy (non-hydrogen) atoms. The Kier molecular flexibility index (Phi) is 6.05. The minimum absolute atomic E-state index is 0.252. The number of nitrogens with two attached hydrogens (primary N) is 1. The second kappa shape index (κ2) is 8.03. The summed E-state index contributed by atoms with van der Waals surface area (Å²) in [4.78, 5) is 13.7. The lowest BCUT2D eigenvalue weighted by molar-refractivity contribution is -0.116. The van der Waals surface area contributed by atoms with Crippen LogP contribution >= 0.6 is 0 Å². The second-order valence-electron chi connectivity index (χ2n) is 5.84. The fourth-order valence-electron chi connectivity index (χ4n) is 3.14. The lowest BCUT2D eigenvalue weighted by Crippen LogP contribution is -2.41. The van der Waals surface area contributed by atoms with E-state index in [1.54, 1.807) is 0 Å². The van der Waals surface area contributed by atoms with E-state index in [0.717, 1.165) is 38.0 Å². The Morgan fingerprint density at radius 3 is 2.71 bits per heavy atom. The van der Waals surface area contributed by atoms with Gasteiger partial charge in [-0.15, -0.1) is 0 Å². The Labute approximate surface area is 127 Å². The molecule has 0 spiro atoms. The third kappa shape index (κ3) is 4.46. The highest BCUT2D eigenvalue weighted by Gasteiger charge is 2.25. The molecule has 0 aromatic heterocycles. The average molecular weight is 289 g/mol. The third-order valence-electron chi connectivity index (χ3n) is 4.13. The Hall–Kier alpha value is -1.55. The number of carbonyl (C=O) groups is 1. The first-order valence-corrected chi connectivity index (χ1v) is 8.06. The minimum atomic E-state index is -0.252. The molecule has 1 aliphatic rings. The van der Waals surface area contributed by atoms with E-state index in [4.69, 9.17) is 5.73 Å². The number of primary amides is 1. The lowest BCUT2D eigenvalue weighted by atomic mass is 10.1. The van der Waals surface area contributed by atoms with E-state index in [1.807, 2.05) is 6.07 Å². The number of carbonyl (C=O) groups excluding carboxylic acids is 1. The number of amides is 1. The van der Waals surface area contributed by atoms with Gasteiger partial charge in [-0.25, -0.2) is 0 Å². The van der Waals surface area contributed by atoms with E-state index in [0.29, 0.717) is 12.6 Å². The molecule has 1 fully saturated rings. The summed E-state index contributed by atoms with van der Waals surface area (Å²) in [5, 5.41) is 3.45. The number of rotatable bonds is 8. The van der Waals surface area contributed by atoms with Gasteiger partial charge in [0.2, 0.25) is 5.91 Å². The predicted molar refractivity (Wildman–Crippen MR) is 87.2 cm³/mol. The van der Waals surface area contributed by atoms with Crippen LogP contribution in [0.25, 0.3) is 0 Å². The summed E-state index contributed by atoms with van der Waals surface area (Å²) in [5.41, 5.74) is 7.88. The van der Waals surface area contributed by atoms with E-state index < -0.39 is 0 Å². The third-order valence-corrected chi connectivity index (χ3v) is 4.13. The number of hydrogen-bond acceptors (Lipinski definition) is 3. The van der Waals surface area contributed by atoms with Gasteiger partial charge in [0, 0.05) is 18.3 Å². The van der Waals surface area contributed by atoms with E-state index in [9.17, 15) is 4.79 Å². The average Bonchev–Trinajstić information content (AvgIpc) is 2.99. The van der Waals surface area contributed by atoms with Crippen molar-refractivity contribution in [3.63, 3.8) is 0 Å². The Morgan fingerprint density at radius 1 is 1.33 bits per heavy atom. The zero-order chi connectivity index (χ0) is 15.1. The van der Waals surface area contributed by atoms with Gasteiger partial charge in [-0.1, -0.05) is 38.0 Å². The van der Waals surface area contributed by atoms with Crippen LogP contribution in [0.1, 0.15) is 44.6 Å². The molecule has 1 aromatic carbocycles.